The fourth-order valence-electron chi connectivity index (χ4n) is 2.81. The Bertz CT molecular complexity index is 946. The molecule has 0 aliphatic rings. The molecule has 1 aromatic heterocycles. The third-order valence-electron chi connectivity index (χ3n) is 4.20. The number of hydrogen-bond donors (Lipinski definition) is 1. The van der Waals surface area contributed by atoms with Crippen molar-refractivity contribution in [3.05, 3.63) is 60.2 Å². The van der Waals surface area contributed by atoms with E-state index >= 15 is 0 Å². The van der Waals surface area contributed by atoms with Gasteiger partial charge in [-0.15, -0.1) is 0 Å². The number of fused-ring (bicyclic) bond motifs is 1. The van der Waals surface area contributed by atoms with Gasteiger partial charge in [-0.05, 0) is 37.3 Å². The van der Waals surface area contributed by atoms with Gasteiger partial charge in [0.25, 0.3) is 0 Å². The van der Waals surface area contributed by atoms with Crippen molar-refractivity contribution in [2.24, 2.45) is 0 Å². The monoisotopic (exact) mass is 382 g/mol. The zero-order valence-corrected chi connectivity index (χ0v) is 16.4. The van der Waals surface area contributed by atoms with Crippen LogP contribution in [0.5, 0.6) is 11.5 Å². The number of amides is 1. The van der Waals surface area contributed by atoms with E-state index in [0.29, 0.717) is 11.5 Å². The van der Waals surface area contributed by atoms with E-state index in [1.165, 1.54) is 11.8 Å². The van der Waals surface area contributed by atoms with Crippen molar-refractivity contribution in [2.75, 3.05) is 20.0 Å². The Kier molecular flexibility index (Phi) is 6.19. The first kappa shape index (κ1) is 19.0. The van der Waals surface area contributed by atoms with Crippen molar-refractivity contribution in [2.45, 2.75) is 18.0 Å². The summed E-state index contributed by atoms with van der Waals surface area (Å²) >= 11 is 1.42. The quantitative estimate of drug-likeness (QED) is 0.620. The number of carbonyl (C=O) groups is 1. The number of rotatable bonds is 7. The van der Waals surface area contributed by atoms with Crippen LogP contribution >= 0.6 is 11.8 Å². The molecule has 3 aromatic rings. The first-order valence-electron chi connectivity index (χ1n) is 8.60. The number of methoxy groups -OCH3 is 2. The summed E-state index contributed by atoms with van der Waals surface area (Å²) in [5, 5.41) is 4.92. The first-order chi connectivity index (χ1) is 13.1. The molecule has 0 spiro atoms. The summed E-state index contributed by atoms with van der Waals surface area (Å²) in [7, 11) is 3.23. The second kappa shape index (κ2) is 8.77. The van der Waals surface area contributed by atoms with Gasteiger partial charge in [-0.25, -0.2) is 4.98 Å². The Morgan fingerprint density at radius 1 is 1.11 bits per heavy atom. The third kappa shape index (κ3) is 4.71. The molecule has 1 unspecified atom stereocenters. The lowest BCUT2D eigenvalue weighted by Crippen LogP contribution is -2.28. The molecule has 1 N–H and O–H groups in total. The van der Waals surface area contributed by atoms with Gasteiger partial charge in [-0.1, -0.05) is 36.0 Å². The van der Waals surface area contributed by atoms with Crippen LogP contribution in [0.4, 0.5) is 0 Å². The first-order valence-corrected chi connectivity index (χ1v) is 9.59. The SMILES string of the molecule is COc1ccc(OC)c(C(C)NC(=O)CSc2ccc3ccccc3n2)c1. The van der Waals surface area contributed by atoms with E-state index in [1.54, 1.807) is 14.2 Å². The number of carbonyl (C=O) groups excluding carboxylic acids is 1. The number of benzene rings is 2. The number of ether oxygens (including phenoxy) is 2. The van der Waals surface area contributed by atoms with Crippen LogP contribution in [0, 0.1) is 0 Å². The van der Waals surface area contributed by atoms with Crippen LogP contribution in [-0.2, 0) is 4.79 Å². The van der Waals surface area contributed by atoms with Crippen LogP contribution in [0.15, 0.2) is 59.6 Å². The molecular formula is C21H22N2O3S. The number of nitrogens with zero attached hydrogens (tertiary/aromatic N) is 1. The molecule has 2 aromatic carbocycles. The van der Waals surface area contributed by atoms with Gasteiger partial charge in [0, 0.05) is 10.9 Å². The molecular weight excluding hydrogens is 360 g/mol. The number of hydrogen-bond acceptors (Lipinski definition) is 5. The Hall–Kier alpha value is -2.73. The second-order valence-electron chi connectivity index (χ2n) is 6.03. The van der Waals surface area contributed by atoms with Crippen LogP contribution in [0.25, 0.3) is 10.9 Å². The molecule has 6 heteroatoms. The van der Waals surface area contributed by atoms with Crippen molar-refractivity contribution in [1.82, 2.24) is 10.3 Å². The zero-order chi connectivity index (χ0) is 19.2. The smallest absolute Gasteiger partial charge is 0.230 e. The van der Waals surface area contributed by atoms with E-state index in [2.05, 4.69) is 10.3 Å². The van der Waals surface area contributed by atoms with Gasteiger partial charge in [-0.2, -0.15) is 0 Å². The normalized spacial score (nSPS) is 11.8. The highest BCUT2D eigenvalue weighted by atomic mass is 32.2. The zero-order valence-electron chi connectivity index (χ0n) is 15.6. The highest BCUT2D eigenvalue weighted by Crippen LogP contribution is 2.29. The van der Waals surface area contributed by atoms with Crippen molar-refractivity contribution < 1.29 is 14.3 Å². The summed E-state index contributed by atoms with van der Waals surface area (Å²) in [5.74, 6) is 1.67. The summed E-state index contributed by atoms with van der Waals surface area (Å²) in [5.41, 5.74) is 1.80. The molecule has 27 heavy (non-hydrogen) atoms. The van der Waals surface area contributed by atoms with Gasteiger partial charge >= 0.3 is 0 Å². The molecule has 0 aliphatic heterocycles. The van der Waals surface area contributed by atoms with Crippen LogP contribution in [0.3, 0.4) is 0 Å². The lowest BCUT2D eigenvalue weighted by Gasteiger charge is -2.18. The largest absolute Gasteiger partial charge is 0.497 e. The number of para-hydroxylation sites is 1. The van der Waals surface area contributed by atoms with Crippen LogP contribution in [0.2, 0.25) is 0 Å². The predicted octanol–water partition coefficient (Wildman–Crippen LogP) is 4.22. The molecule has 1 amide bonds. The molecule has 1 heterocycles. The van der Waals surface area contributed by atoms with Crippen molar-refractivity contribution in [3.63, 3.8) is 0 Å². The number of aromatic nitrogens is 1. The maximum absolute atomic E-state index is 12.4. The summed E-state index contributed by atoms with van der Waals surface area (Å²) in [6.45, 7) is 1.92. The fraction of sp³-hybridized carbons (Fsp3) is 0.238. The molecule has 0 aliphatic carbocycles. The summed E-state index contributed by atoms with van der Waals surface area (Å²) in [6, 6.07) is 17.2. The van der Waals surface area contributed by atoms with Crippen LogP contribution in [-0.4, -0.2) is 30.9 Å². The van der Waals surface area contributed by atoms with Gasteiger partial charge in [0.1, 0.15) is 11.5 Å². The summed E-state index contributed by atoms with van der Waals surface area (Å²) in [4.78, 5) is 17.0. The fourth-order valence-corrected chi connectivity index (χ4v) is 3.50. The molecule has 0 saturated heterocycles. The molecule has 1 atom stereocenters. The molecule has 3 rings (SSSR count). The minimum Gasteiger partial charge on any atom is -0.497 e. The van der Waals surface area contributed by atoms with Crippen molar-refractivity contribution >= 4 is 28.6 Å². The minimum absolute atomic E-state index is 0.0627. The molecule has 0 radical (unpaired) electrons. The Morgan fingerprint density at radius 3 is 2.70 bits per heavy atom. The Labute approximate surface area is 163 Å². The third-order valence-corrected chi connectivity index (χ3v) is 5.13. The minimum atomic E-state index is -0.201. The molecule has 140 valence electrons. The van der Waals surface area contributed by atoms with Crippen LogP contribution in [0.1, 0.15) is 18.5 Å². The van der Waals surface area contributed by atoms with Gasteiger partial charge in [0.15, 0.2) is 0 Å². The predicted molar refractivity (Wildman–Crippen MR) is 109 cm³/mol. The average Bonchev–Trinajstić information content (AvgIpc) is 2.71. The van der Waals surface area contributed by atoms with Crippen molar-refractivity contribution in [1.29, 1.82) is 0 Å². The maximum Gasteiger partial charge on any atom is 0.230 e. The Morgan fingerprint density at radius 2 is 1.93 bits per heavy atom. The van der Waals surface area contributed by atoms with E-state index in [-0.39, 0.29) is 11.9 Å². The summed E-state index contributed by atoms with van der Waals surface area (Å²) < 4.78 is 10.7. The van der Waals surface area contributed by atoms with Gasteiger partial charge in [0.05, 0.1) is 36.6 Å². The lowest BCUT2D eigenvalue weighted by atomic mass is 10.1. The van der Waals surface area contributed by atoms with Gasteiger partial charge < -0.3 is 14.8 Å². The molecule has 0 saturated carbocycles. The van der Waals surface area contributed by atoms with Crippen molar-refractivity contribution in [3.8, 4) is 11.5 Å². The Balaban J connectivity index is 1.63. The molecule has 0 bridgehead atoms. The van der Waals surface area contributed by atoms with E-state index in [1.807, 2.05) is 61.5 Å². The molecule has 0 fully saturated rings. The lowest BCUT2D eigenvalue weighted by molar-refractivity contribution is -0.119. The highest BCUT2D eigenvalue weighted by Gasteiger charge is 2.15. The molecule has 5 nitrogen and oxygen atoms in total. The van der Waals surface area contributed by atoms with Gasteiger partial charge in [0.2, 0.25) is 5.91 Å². The van der Waals surface area contributed by atoms with E-state index in [4.69, 9.17) is 9.47 Å². The maximum atomic E-state index is 12.4. The summed E-state index contributed by atoms with van der Waals surface area (Å²) in [6.07, 6.45) is 0. The average molecular weight is 382 g/mol. The van der Waals surface area contributed by atoms with Crippen LogP contribution < -0.4 is 14.8 Å². The number of pyridine rings is 1. The second-order valence-corrected chi connectivity index (χ2v) is 7.02. The van der Waals surface area contributed by atoms with E-state index in [9.17, 15) is 4.79 Å². The standard InChI is InChI=1S/C21H22N2O3S/c1-14(17-12-16(25-2)9-10-19(17)26-3)22-20(24)13-27-21-11-8-15-6-4-5-7-18(15)23-21/h4-12,14H,13H2,1-3H3,(H,22,24). The number of nitrogens with one attached hydrogen (secondary N) is 1. The van der Waals surface area contributed by atoms with Gasteiger partial charge in [-0.3, -0.25) is 4.79 Å². The highest BCUT2D eigenvalue weighted by molar-refractivity contribution is 7.99. The number of thioether (sulfide) groups is 1. The topological polar surface area (TPSA) is 60.5 Å². The van der Waals surface area contributed by atoms with E-state index in [0.717, 1.165) is 27.2 Å². The van der Waals surface area contributed by atoms with E-state index < -0.39 is 0 Å².